The minimum atomic E-state index is -0.814. The van der Waals surface area contributed by atoms with E-state index in [1.165, 1.54) is 42.3 Å². The summed E-state index contributed by atoms with van der Waals surface area (Å²) in [6, 6.07) is 22.2. The molecular formula is C24H15Br3Cl2Zr. The normalized spacial score (nSPS) is 14.0. The quantitative estimate of drug-likeness (QED) is 0.394. The molecule has 30 heavy (non-hydrogen) atoms. The van der Waals surface area contributed by atoms with Crippen LogP contribution >= 0.6 is 47.8 Å². The van der Waals surface area contributed by atoms with Gasteiger partial charge in [-0.05, 0) is 0 Å². The van der Waals surface area contributed by atoms with E-state index in [4.69, 9.17) is 0 Å². The molecule has 0 bridgehead atoms. The van der Waals surface area contributed by atoms with E-state index in [2.05, 4.69) is 121 Å². The fourth-order valence-electron chi connectivity index (χ4n) is 4.01. The van der Waals surface area contributed by atoms with E-state index in [9.17, 15) is 0 Å². The van der Waals surface area contributed by atoms with E-state index in [1.807, 2.05) is 0 Å². The van der Waals surface area contributed by atoms with Crippen molar-refractivity contribution in [3.05, 3.63) is 106 Å². The molecule has 5 rings (SSSR count). The third kappa shape index (κ3) is 4.85. The van der Waals surface area contributed by atoms with E-state index >= 15 is 0 Å². The van der Waals surface area contributed by atoms with Crippen molar-refractivity contribution >= 4 is 53.4 Å². The first-order chi connectivity index (χ1) is 13.6. The van der Waals surface area contributed by atoms with Gasteiger partial charge in [0, 0.05) is 0 Å². The molecule has 0 aromatic heterocycles. The van der Waals surface area contributed by atoms with E-state index in [0.29, 0.717) is 3.63 Å². The van der Waals surface area contributed by atoms with Crippen LogP contribution in [0.1, 0.15) is 26.7 Å². The molecule has 0 N–H and O–H groups in total. The fraction of sp³-hybridized carbons (Fsp3) is 0.0833. The molecule has 0 radical (unpaired) electrons. The summed E-state index contributed by atoms with van der Waals surface area (Å²) in [6.07, 6.45) is 5.97. The first-order valence-corrected chi connectivity index (χ1v) is 14.1. The van der Waals surface area contributed by atoms with Crippen molar-refractivity contribution in [1.82, 2.24) is 0 Å². The molecule has 0 heterocycles. The van der Waals surface area contributed by atoms with Gasteiger partial charge < -0.3 is 24.8 Å². The average molecular weight is 705 g/mol. The summed E-state index contributed by atoms with van der Waals surface area (Å²) >= 11 is 10.1. The predicted molar refractivity (Wildman–Crippen MR) is 124 cm³/mol. The molecule has 0 unspecified atom stereocenters. The molecule has 0 saturated heterocycles. The van der Waals surface area contributed by atoms with Gasteiger partial charge in [0.2, 0.25) is 0 Å². The van der Waals surface area contributed by atoms with Crippen LogP contribution in [0.25, 0.3) is 16.7 Å². The average Bonchev–Trinajstić information content (AvgIpc) is 3.26. The topological polar surface area (TPSA) is 0 Å². The molecule has 0 amide bonds. The Morgan fingerprint density at radius 3 is 1.80 bits per heavy atom. The third-order valence-electron chi connectivity index (χ3n) is 5.32. The summed E-state index contributed by atoms with van der Waals surface area (Å²) in [6.45, 7) is 0. The smallest absolute Gasteiger partial charge is 1.00 e. The number of fused-ring (bicyclic) bond motifs is 3. The van der Waals surface area contributed by atoms with Crippen molar-refractivity contribution in [2.75, 3.05) is 0 Å². The molecule has 0 nitrogen and oxygen atoms in total. The van der Waals surface area contributed by atoms with E-state index in [-0.39, 0.29) is 24.8 Å². The van der Waals surface area contributed by atoms with Crippen molar-refractivity contribution in [1.29, 1.82) is 0 Å². The van der Waals surface area contributed by atoms with Crippen LogP contribution in [-0.4, -0.2) is 0 Å². The molecular weight excluding hydrogens is 690 g/mol. The van der Waals surface area contributed by atoms with Gasteiger partial charge in [-0.2, -0.15) is 0 Å². The standard InChI is InChI=1S/C13H7Br2.C11H8Br.2ClH.Zr/c14-10-1-3-12-8(6-10)5-9-7-11(15)2-4-13(9)12;12-11-7-5-10(6-8-11)9-3-1-2-4-9;;;/h1-7H;3-8H,1H2;2*1H;/q;;;;+2/p-2. The molecule has 0 aliphatic heterocycles. The number of halogens is 5. The van der Waals surface area contributed by atoms with Crippen LogP contribution in [0, 0.1) is 0 Å². The zero-order chi connectivity index (χ0) is 19.3. The van der Waals surface area contributed by atoms with Crippen LogP contribution in [0.2, 0.25) is 0 Å². The molecule has 0 spiro atoms. The van der Waals surface area contributed by atoms with Gasteiger partial charge in [0.15, 0.2) is 0 Å². The summed E-state index contributed by atoms with van der Waals surface area (Å²) < 4.78 is 5.73. The van der Waals surface area contributed by atoms with Gasteiger partial charge in [0.1, 0.15) is 0 Å². The second-order valence-electron chi connectivity index (χ2n) is 7.08. The summed E-state index contributed by atoms with van der Waals surface area (Å²) in [5.74, 6) is 0. The van der Waals surface area contributed by atoms with Crippen LogP contribution in [-0.2, 0) is 23.2 Å². The minimum absolute atomic E-state index is 0. The zero-order valence-corrected chi connectivity index (χ0v) is 24.3. The predicted octanol–water partition coefficient (Wildman–Crippen LogP) is 2.51. The van der Waals surface area contributed by atoms with Gasteiger partial charge in [-0.1, -0.05) is 0 Å². The number of hydrogen-bond donors (Lipinski definition) is 0. The Morgan fingerprint density at radius 2 is 1.23 bits per heavy atom. The first-order valence-electron chi connectivity index (χ1n) is 9.11. The first kappa shape index (κ1) is 24.7. The number of hydrogen-bond acceptors (Lipinski definition) is 0. The molecule has 2 aliphatic carbocycles. The Bertz CT molecular complexity index is 1100. The van der Waals surface area contributed by atoms with Crippen molar-refractivity contribution in [2.24, 2.45) is 0 Å². The zero-order valence-electron chi connectivity index (χ0n) is 15.6. The summed E-state index contributed by atoms with van der Waals surface area (Å²) in [5, 5.41) is 0. The van der Waals surface area contributed by atoms with Crippen molar-refractivity contribution in [2.45, 2.75) is 10.0 Å². The van der Waals surface area contributed by atoms with Crippen LogP contribution in [0.5, 0.6) is 0 Å². The second kappa shape index (κ2) is 10.3. The van der Waals surface area contributed by atoms with E-state index in [0.717, 1.165) is 10.9 Å². The van der Waals surface area contributed by atoms with Gasteiger partial charge in [0.05, 0.1) is 0 Å². The van der Waals surface area contributed by atoms with Gasteiger partial charge in [0.25, 0.3) is 0 Å². The van der Waals surface area contributed by atoms with Crippen LogP contribution in [0.3, 0.4) is 0 Å². The number of rotatable bonds is 3. The maximum absolute atomic E-state index is 3.69. The Morgan fingerprint density at radius 1 is 0.700 bits per heavy atom. The SMILES string of the molecule is Brc1ccc(C2=CC[C]([Zr+2][CH]3c4cc(Br)ccc4-c4ccc(Br)cc43)=C2)cc1.[Cl-].[Cl-]. The molecule has 0 fully saturated rings. The molecule has 2 aliphatic rings. The maximum Gasteiger partial charge on any atom is -1.00 e. The van der Waals surface area contributed by atoms with Gasteiger partial charge in [-0.15, -0.1) is 0 Å². The molecule has 3 aromatic carbocycles. The molecule has 150 valence electrons. The maximum atomic E-state index is 3.69. The van der Waals surface area contributed by atoms with E-state index in [1.54, 1.807) is 3.28 Å². The Kier molecular flexibility index (Phi) is 8.49. The monoisotopic (exact) mass is 700 g/mol. The number of allylic oxidation sites excluding steroid dienone is 4. The van der Waals surface area contributed by atoms with E-state index < -0.39 is 23.2 Å². The largest absolute Gasteiger partial charge is 1.00 e. The summed E-state index contributed by atoms with van der Waals surface area (Å²) in [7, 11) is 0. The van der Waals surface area contributed by atoms with Gasteiger partial charge in [-0.3, -0.25) is 0 Å². The molecule has 6 heteroatoms. The van der Waals surface area contributed by atoms with Gasteiger partial charge in [-0.25, -0.2) is 0 Å². The third-order valence-corrected chi connectivity index (χ3v) is 10.8. The molecule has 0 saturated carbocycles. The van der Waals surface area contributed by atoms with Gasteiger partial charge >= 0.3 is 204 Å². The van der Waals surface area contributed by atoms with Crippen molar-refractivity contribution in [3.63, 3.8) is 0 Å². The Hall–Kier alpha value is 0.0431. The summed E-state index contributed by atoms with van der Waals surface area (Å²) in [5.41, 5.74) is 8.53. The van der Waals surface area contributed by atoms with Crippen molar-refractivity contribution < 1.29 is 48.0 Å². The number of benzene rings is 3. The molecule has 0 atom stereocenters. The van der Waals surface area contributed by atoms with Crippen LogP contribution in [0.4, 0.5) is 0 Å². The van der Waals surface area contributed by atoms with Crippen LogP contribution < -0.4 is 24.8 Å². The second-order valence-corrected chi connectivity index (χ2v) is 13.5. The Balaban J connectivity index is 0.00000128. The minimum Gasteiger partial charge on any atom is -1.00 e. The van der Waals surface area contributed by atoms with Crippen LogP contribution in [0.15, 0.2) is 89.5 Å². The van der Waals surface area contributed by atoms with Crippen molar-refractivity contribution in [3.8, 4) is 11.1 Å². The Labute approximate surface area is 226 Å². The fourth-order valence-corrected chi connectivity index (χ4v) is 9.01. The summed E-state index contributed by atoms with van der Waals surface area (Å²) in [4.78, 5) is 0. The molecule has 3 aromatic rings.